The fraction of sp³-hybridized carbons (Fsp3) is 0.591. The number of fused-ring (bicyclic) bond motifs is 1. The molecule has 2 aliphatic rings. The molecule has 0 radical (unpaired) electrons. The Morgan fingerprint density at radius 2 is 1.93 bits per heavy atom. The highest BCUT2D eigenvalue weighted by Gasteiger charge is 2.29. The molecule has 2 aromatic heterocycles. The van der Waals surface area contributed by atoms with Gasteiger partial charge >= 0.3 is 0 Å². The summed E-state index contributed by atoms with van der Waals surface area (Å²) >= 11 is 0. The van der Waals surface area contributed by atoms with E-state index in [0.29, 0.717) is 37.9 Å². The number of primary amides is 1. The first-order valence-electron chi connectivity index (χ1n) is 10.7. The van der Waals surface area contributed by atoms with Crippen molar-refractivity contribution in [3.05, 3.63) is 39.8 Å². The molecule has 2 N–H and O–H groups in total. The fourth-order valence-electron chi connectivity index (χ4n) is 4.79. The van der Waals surface area contributed by atoms with Crippen molar-refractivity contribution in [1.82, 2.24) is 14.5 Å². The van der Waals surface area contributed by atoms with Crippen LogP contribution in [0.5, 0.6) is 0 Å². The van der Waals surface area contributed by atoms with E-state index in [1.165, 1.54) is 0 Å². The number of ether oxygens (including phenoxy) is 1. The van der Waals surface area contributed by atoms with Crippen molar-refractivity contribution in [1.29, 1.82) is 0 Å². The lowest BCUT2D eigenvalue weighted by molar-refractivity contribution is 0.0364. The van der Waals surface area contributed by atoms with E-state index in [2.05, 4.69) is 16.8 Å². The summed E-state index contributed by atoms with van der Waals surface area (Å²) in [6.45, 7) is 6.57. The predicted octanol–water partition coefficient (Wildman–Crippen LogP) is 2.12. The van der Waals surface area contributed by atoms with Crippen LogP contribution in [-0.4, -0.2) is 53.2 Å². The Morgan fingerprint density at radius 3 is 2.62 bits per heavy atom. The molecule has 29 heavy (non-hydrogen) atoms. The van der Waals surface area contributed by atoms with Gasteiger partial charge in [-0.25, -0.2) is 4.98 Å². The highest BCUT2D eigenvalue weighted by atomic mass is 16.5. The zero-order valence-corrected chi connectivity index (χ0v) is 17.1. The van der Waals surface area contributed by atoms with Crippen LogP contribution >= 0.6 is 0 Å². The third kappa shape index (κ3) is 4.07. The van der Waals surface area contributed by atoms with Crippen LogP contribution in [0.3, 0.4) is 0 Å². The molecular weight excluding hydrogens is 368 g/mol. The molecule has 3 heterocycles. The van der Waals surface area contributed by atoms with Crippen molar-refractivity contribution in [2.75, 3.05) is 32.8 Å². The molecule has 1 saturated heterocycles. The van der Waals surface area contributed by atoms with Gasteiger partial charge in [-0.05, 0) is 42.4 Å². The van der Waals surface area contributed by atoms with Crippen molar-refractivity contribution in [2.24, 2.45) is 11.7 Å². The second kappa shape index (κ2) is 8.63. The van der Waals surface area contributed by atoms with Crippen molar-refractivity contribution in [3.8, 4) is 0 Å². The van der Waals surface area contributed by atoms with Crippen molar-refractivity contribution in [2.45, 2.75) is 45.1 Å². The number of aromatic nitrogens is 2. The van der Waals surface area contributed by atoms with Crippen molar-refractivity contribution < 1.29 is 9.53 Å². The number of carbonyl (C=O) groups excluding carboxylic acids is 1. The molecule has 156 valence electrons. The molecule has 1 aliphatic carbocycles. The van der Waals surface area contributed by atoms with Gasteiger partial charge in [-0.3, -0.25) is 19.1 Å². The van der Waals surface area contributed by atoms with E-state index >= 15 is 0 Å². The molecule has 0 aromatic carbocycles. The van der Waals surface area contributed by atoms with Crippen LogP contribution in [0.25, 0.3) is 11.0 Å². The highest BCUT2D eigenvalue weighted by molar-refractivity contribution is 5.99. The van der Waals surface area contributed by atoms with E-state index in [1.54, 1.807) is 10.8 Å². The molecule has 2 aromatic rings. The number of nitrogens with zero attached hydrogens (tertiary/aromatic N) is 3. The number of pyridine rings is 2. The lowest BCUT2D eigenvalue weighted by Gasteiger charge is -2.29. The van der Waals surface area contributed by atoms with Crippen LogP contribution in [0.1, 0.15) is 54.4 Å². The van der Waals surface area contributed by atoms with Crippen LogP contribution < -0.4 is 11.3 Å². The third-order valence-electron chi connectivity index (χ3n) is 6.47. The molecule has 1 aliphatic heterocycles. The summed E-state index contributed by atoms with van der Waals surface area (Å²) in [4.78, 5) is 32.6. The summed E-state index contributed by atoms with van der Waals surface area (Å²) in [5.41, 5.74) is 7.08. The van der Waals surface area contributed by atoms with Crippen molar-refractivity contribution in [3.63, 3.8) is 0 Å². The molecule has 1 saturated carbocycles. The molecule has 2 fully saturated rings. The zero-order chi connectivity index (χ0) is 20.4. The molecule has 7 heteroatoms. The van der Waals surface area contributed by atoms with Gasteiger partial charge in [-0.1, -0.05) is 19.8 Å². The van der Waals surface area contributed by atoms with Gasteiger partial charge in [0.1, 0.15) is 11.2 Å². The van der Waals surface area contributed by atoms with Crippen LogP contribution in [0.4, 0.5) is 0 Å². The smallest absolute Gasteiger partial charge is 0.265 e. The maximum Gasteiger partial charge on any atom is 0.265 e. The van der Waals surface area contributed by atoms with Gasteiger partial charge < -0.3 is 10.5 Å². The minimum absolute atomic E-state index is 0.159. The summed E-state index contributed by atoms with van der Waals surface area (Å²) < 4.78 is 7.04. The summed E-state index contributed by atoms with van der Waals surface area (Å²) in [5.74, 6) is 0.234. The minimum atomic E-state index is -0.630. The second-order valence-corrected chi connectivity index (χ2v) is 8.40. The standard InChI is InChI=1S/C22H30N4O3/c1-15-4-6-16(7-5-15)18-17-3-2-8-24-21(17)26(22(28)19(18)20(23)27)10-9-25-11-13-29-14-12-25/h2-3,8,15-16H,4-7,9-14H2,1H3,(H2,23,27). The van der Waals surface area contributed by atoms with E-state index in [0.717, 1.165) is 49.7 Å². The Bertz CT molecular complexity index is 941. The van der Waals surface area contributed by atoms with E-state index in [4.69, 9.17) is 10.5 Å². The predicted molar refractivity (Wildman–Crippen MR) is 112 cm³/mol. The maximum atomic E-state index is 13.4. The monoisotopic (exact) mass is 398 g/mol. The van der Waals surface area contributed by atoms with Crippen LogP contribution in [0, 0.1) is 5.92 Å². The average Bonchev–Trinajstić information content (AvgIpc) is 2.73. The Hall–Kier alpha value is -2.25. The lowest BCUT2D eigenvalue weighted by Crippen LogP contribution is -2.40. The summed E-state index contributed by atoms with van der Waals surface area (Å²) in [5, 5.41) is 0.891. The Labute approximate surface area is 170 Å². The zero-order valence-electron chi connectivity index (χ0n) is 17.1. The minimum Gasteiger partial charge on any atom is -0.379 e. The number of carbonyl (C=O) groups is 1. The first-order chi connectivity index (χ1) is 14.1. The van der Waals surface area contributed by atoms with Gasteiger partial charge in [-0.15, -0.1) is 0 Å². The SMILES string of the molecule is CC1CCC(c2c(C(N)=O)c(=O)n(CCN3CCOCC3)c3ncccc23)CC1. The molecule has 0 unspecified atom stereocenters. The number of amides is 1. The number of nitrogens with two attached hydrogens (primary N) is 1. The van der Waals surface area contributed by atoms with Crippen LogP contribution in [0.2, 0.25) is 0 Å². The molecule has 0 atom stereocenters. The van der Waals surface area contributed by atoms with Gasteiger partial charge in [0.25, 0.3) is 11.5 Å². The quantitative estimate of drug-likeness (QED) is 0.833. The Balaban J connectivity index is 1.78. The first kappa shape index (κ1) is 20.0. The van der Waals surface area contributed by atoms with Gasteiger partial charge in [-0.2, -0.15) is 0 Å². The largest absolute Gasteiger partial charge is 0.379 e. The molecule has 7 nitrogen and oxygen atoms in total. The van der Waals surface area contributed by atoms with Crippen LogP contribution in [-0.2, 0) is 11.3 Å². The lowest BCUT2D eigenvalue weighted by atomic mass is 9.77. The molecule has 1 amide bonds. The summed E-state index contributed by atoms with van der Waals surface area (Å²) in [6.07, 6.45) is 5.87. The number of rotatable bonds is 5. The molecule has 4 rings (SSSR count). The van der Waals surface area contributed by atoms with E-state index in [1.807, 2.05) is 12.1 Å². The van der Waals surface area contributed by atoms with Crippen molar-refractivity contribution >= 4 is 16.9 Å². The molecular formula is C22H30N4O3. The first-order valence-corrected chi connectivity index (χ1v) is 10.7. The number of hydrogen-bond donors (Lipinski definition) is 1. The summed E-state index contributed by atoms with van der Waals surface area (Å²) in [6, 6.07) is 3.85. The van der Waals surface area contributed by atoms with Gasteiger partial charge in [0.2, 0.25) is 0 Å². The number of hydrogen-bond acceptors (Lipinski definition) is 5. The van der Waals surface area contributed by atoms with Gasteiger partial charge in [0.15, 0.2) is 0 Å². The van der Waals surface area contributed by atoms with E-state index in [9.17, 15) is 9.59 Å². The second-order valence-electron chi connectivity index (χ2n) is 8.40. The number of morpholine rings is 1. The maximum absolute atomic E-state index is 13.4. The third-order valence-corrected chi connectivity index (χ3v) is 6.47. The van der Waals surface area contributed by atoms with Gasteiger partial charge in [0.05, 0.1) is 13.2 Å². The molecule has 0 spiro atoms. The Morgan fingerprint density at radius 1 is 1.21 bits per heavy atom. The van der Waals surface area contributed by atoms with E-state index in [-0.39, 0.29) is 17.0 Å². The van der Waals surface area contributed by atoms with E-state index < -0.39 is 5.91 Å². The fourth-order valence-corrected chi connectivity index (χ4v) is 4.79. The topological polar surface area (TPSA) is 90.5 Å². The average molecular weight is 399 g/mol. The highest BCUT2D eigenvalue weighted by Crippen LogP contribution is 2.39. The van der Waals surface area contributed by atoms with Crippen LogP contribution in [0.15, 0.2) is 23.1 Å². The van der Waals surface area contributed by atoms with Gasteiger partial charge in [0, 0.05) is 37.8 Å². The summed E-state index contributed by atoms with van der Waals surface area (Å²) in [7, 11) is 0. The Kier molecular flexibility index (Phi) is 5.96. The molecule has 0 bridgehead atoms. The normalized spacial score (nSPS) is 23.3.